The molecule has 130 valence electrons. The van der Waals surface area contributed by atoms with Crippen LogP contribution in [-0.2, 0) is 16.4 Å². The van der Waals surface area contributed by atoms with Crippen LogP contribution < -0.4 is 0 Å². The topological polar surface area (TPSA) is 50.3 Å². The van der Waals surface area contributed by atoms with E-state index in [9.17, 15) is 8.42 Å². The number of thiophene rings is 1. The first-order valence-corrected chi connectivity index (χ1v) is 11.5. The van der Waals surface area contributed by atoms with Crippen LogP contribution >= 0.6 is 23.1 Å². The minimum atomic E-state index is -3.31. The van der Waals surface area contributed by atoms with Crippen LogP contribution in [0.5, 0.6) is 0 Å². The lowest BCUT2D eigenvalue weighted by molar-refractivity contribution is 0.291. The van der Waals surface area contributed by atoms with Gasteiger partial charge >= 0.3 is 0 Å². The van der Waals surface area contributed by atoms with E-state index in [1.807, 2.05) is 37.4 Å². The van der Waals surface area contributed by atoms with E-state index in [0.29, 0.717) is 23.2 Å². The molecule has 1 aliphatic rings. The first-order valence-electron chi connectivity index (χ1n) is 8.22. The Hall–Kier alpha value is -0.890. The summed E-state index contributed by atoms with van der Waals surface area (Å²) in [6.07, 6.45) is 4.53. The molecule has 0 saturated carbocycles. The molecule has 0 aromatic carbocycles. The molecule has 0 aliphatic carbocycles. The third kappa shape index (κ3) is 4.20. The monoisotopic (exact) mass is 382 g/mol. The summed E-state index contributed by atoms with van der Waals surface area (Å²) in [5, 5.41) is 1.04. The maximum absolute atomic E-state index is 12.7. The molecule has 7 heteroatoms. The summed E-state index contributed by atoms with van der Waals surface area (Å²) < 4.78 is 27.6. The van der Waals surface area contributed by atoms with Crippen molar-refractivity contribution in [2.24, 2.45) is 5.92 Å². The van der Waals surface area contributed by atoms with Crippen LogP contribution in [0.15, 0.2) is 45.8 Å². The highest BCUT2D eigenvalue weighted by Gasteiger charge is 2.30. The van der Waals surface area contributed by atoms with E-state index in [1.165, 1.54) is 11.3 Å². The lowest BCUT2D eigenvalue weighted by Gasteiger charge is -2.30. The number of hydrogen-bond donors (Lipinski definition) is 0. The molecule has 1 fully saturated rings. The summed E-state index contributed by atoms with van der Waals surface area (Å²) in [7, 11) is -3.31. The molecule has 0 unspecified atom stereocenters. The summed E-state index contributed by atoms with van der Waals surface area (Å²) in [5.74, 6) is 1.56. The number of pyridine rings is 1. The molecule has 1 saturated heterocycles. The average Bonchev–Trinajstić information content (AvgIpc) is 3.11. The third-order valence-corrected chi connectivity index (χ3v) is 9.03. The molecule has 0 amide bonds. The van der Waals surface area contributed by atoms with E-state index in [-0.39, 0.29) is 0 Å². The molecule has 0 spiro atoms. The quantitative estimate of drug-likeness (QED) is 0.711. The average molecular weight is 383 g/mol. The summed E-state index contributed by atoms with van der Waals surface area (Å²) >= 11 is 3.16. The smallest absolute Gasteiger partial charge is 0.250 e. The number of sulfonamides is 1. The fourth-order valence-corrected chi connectivity index (χ4v) is 6.74. The van der Waals surface area contributed by atoms with Crippen LogP contribution in [0.1, 0.15) is 24.6 Å². The van der Waals surface area contributed by atoms with Gasteiger partial charge in [-0.15, -0.1) is 23.1 Å². The fourth-order valence-electron chi connectivity index (χ4n) is 2.77. The first-order chi connectivity index (χ1) is 11.6. The van der Waals surface area contributed by atoms with Gasteiger partial charge < -0.3 is 0 Å². The molecule has 2 aromatic heterocycles. The number of nitrogens with zero attached hydrogens (tertiary/aromatic N) is 2. The molecule has 0 radical (unpaired) electrons. The number of piperidine rings is 1. The van der Waals surface area contributed by atoms with Crippen molar-refractivity contribution in [2.75, 3.05) is 18.8 Å². The molecule has 0 bridgehead atoms. The zero-order valence-corrected chi connectivity index (χ0v) is 16.2. The standard InChI is InChI=1S/C17H22N2O2S3/c1-2-15-6-7-17(23-15)24(20,21)19-11-8-14(9-12-19)13-22-16-5-3-4-10-18-16/h3-7,10,14H,2,8-9,11-13H2,1H3. The Kier molecular flexibility index (Phi) is 5.97. The molecule has 0 N–H and O–H groups in total. The van der Waals surface area contributed by atoms with E-state index >= 15 is 0 Å². The van der Waals surface area contributed by atoms with Gasteiger partial charge in [-0.25, -0.2) is 13.4 Å². The van der Waals surface area contributed by atoms with Crippen LogP contribution in [0, 0.1) is 5.92 Å². The number of thioether (sulfide) groups is 1. The summed E-state index contributed by atoms with van der Waals surface area (Å²) in [5.41, 5.74) is 0. The van der Waals surface area contributed by atoms with Gasteiger partial charge in [0, 0.05) is 29.9 Å². The zero-order chi connectivity index (χ0) is 17.0. The molecule has 4 nitrogen and oxygen atoms in total. The van der Waals surface area contributed by atoms with E-state index in [1.54, 1.807) is 22.1 Å². The molecule has 3 heterocycles. The SMILES string of the molecule is CCc1ccc(S(=O)(=O)N2CCC(CSc3ccccn3)CC2)s1. The van der Waals surface area contributed by atoms with E-state index in [2.05, 4.69) is 4.98 Å². The molecular weight excluding hydrogens is 360 g/mol. The van der Waals surface area contributed by atoms with Gasteiger partial charge in [-0.3, -0.25) is 0 Å². The Balaban J connectivity index is 1.54. The minimum Gasteiger partial charge on any atom is -0.250 e. The van der Waals surface area contributed by atoms with Crippen molar-refractivity contribution in [3.05, 3.63) is 41.4 Å². The van der Waals surface area contributed by atoms with Crippen molar-refractivity contribution < 1.29 is 8.42 Å². The fraction of sp³-hybridized carbons (Fsp3) is 0.471. The molecule has 1 aliphatic heterocycles. The molecular formula is C17H22N2O2S3. The molecule has 3 rings (SSSR count). The predicted octanol–water partition coefficient (Wildman–Crippen LogP) is 3.90. The van der Waals surface area contributed by atoms with Crippen molar-refractivity contribution in [1.82, 2.24) is 9.29 Å². The van der Waals surface area contributed by atoms with Gasteiger partial charge in [-0.2, -0.15) is 4.31 Å². The maximum atomic E-state index is 12.7. The maximum Gasteiger partial charge on any atom is 0.252 e. The Morgan fingerprint density at radius 3 is 2.67 bits per heavy atom. The Morgan fingerprint density at radius 2 is 2.04 bits per heavy atom. The molecule has 2 aromatic rings. The predicted molar refractivity (Wildman–Crippen MR) is 100 cm³/mol. The second-order valence-electron chi connectivity index (χ2n) is 5.90. The summed E-state index contributed by atoms with van der Waals surface area (Å²) in [6.45, 7) is 3.29. The normalized spacial score (nSPS) is 17.2. The third-order valence-electron chi connectivity index (χ3n) is 4.26. The zero-order valence-electron chi connectivity index (χ0n) is 13.7. The Morgan fingerprint density at radius 1 is 1.25 bits per heavy atom. The Bertz CT molecular complexity index is 751. The second-order valence-corrected chi connectivity index (χ2v) is 10.3. The minimum absolute atomic E-state index is 0.487. The highest BCUT2D eigenvalue weighted by Crippen LogP contribution is 2.30. The molecule has 0 atom stereocenters. The van der Waals surface area contributed by atoms with E-state index < -0.39 is 10.0 Å². The molecule has 24 heavy (non-hydrogen) atoms. The van der Waals surface area contributed by atoms with Crippen LogP contribution in [0.25, 0.3) is 0 Å². The van der Waals surface area contributed by atoms with Gasteiger partial charge in [0.2, 0.25) is 0 Å². The van der Waals surface area contributed by atoms with Crippen molar-refractivity contribution in [2.45, 2.75) is 35.4 Å². The van der Waals surface area contributed by atoms with Crippen LogP contribution in [0.2, 0.25) is 0 Å². The lowest BCUT2D eigenvalue weighted by atomic mass is 10.0. The number of aromatic nitrogens is 1. The van der Waals surface area contributed by atoms with Crippen LogP contribution in [0.3, 0.4) is 0 Å². The van der Waals surface area contributed by atoms with Crippen molar-refractivity contribution in [3.63, 3.8) is 0 Å². The van der Waals surface area contributed by atoms with Crippen molar-refractivity contribution in [3.8, 4) is 0 Å². The van der Waals surface area contributed by atoms with Crippen LogP contribution in [-0.4, -0.2) is 36.5 Å². The van der Waals surface area contributed by atoms with Gasteiger partial charge in [0.05, 0.1) is 5.03 Å². The van der Waals surface area contributed by atoms with Gasteiger partial charge in [-0.05, 0) is 49.4 Å². The Labute approximate surface area is 152 Å². The van der Waals surface area contributed by atoms with Gasteiger partial charge in [0.15, 0.2) is 0 Å². The highest BCUT2D eigenvalue weighted by molar-refractivity contribution is 7.99. The summed E-state index contributed by atoms with van der Waals surface area (Å²) in [6, 6.07) is 9.61. The van der Waals surface area contributed by atoms with Crippen molar-refractivity contribution in [1.29, 1.82) is 0 Å². The number of aryl methyl sites for hydroxylation is 1. The van der Waals surface area contributed by atoms with E-state index in [4.69, 9.17) is 0 Å². The lowest BCUT2D eigenvalue weighted by Crippen LogP contribution is -2.38. The van der Waals surface area contributed by atoms with Crippen molar-refractivity contribution >= 4 is 33.1 Å². The largest absolute Gasteiger partial charge is 0.252 e. The van der Waals surface area contributed by atoms with Crippen LogP contribution in [0.4, 0.5) is 0 Å². The summed E-state index contributed by atoms with van der Waals surface area (Å²) in [4.78, 5) is 5.45. The van der Waals surface area contributed by atoms with Gasteiger partial charge in [0.1, 0.15) is 4.21 Å². The van der Waals surface area contributed by atoms with Gasteiger partial charge in [0.25, 0.3) is 10.0 Å². The number of rotatable bonds is 6. The second kappa shape index (κ2) is 7.99. The first kappa shape index (κ1) is 17.9. The highest BCUT2D eigenvalue weighted by atomic mass is 32.2. The number of hydrogen-bond acceptors (Lipinski definition) is 5. The van der Waals surface area contributed by atoms with E-state index in [0.717, 1.165) is 34.9 Å². The van der Waals surface area contributed by atoms with Gasteiger partial charge in [-0.1, -0.05) is 13.0 Å².